The summed E-state index contributed by atoms with van der Waals surface area (Å²) < 4.78 is 0. The summed E-state index contributed by atoms with van der Waals surface area (Å²) in [7, 11) is 0. The molecule has 130 valence electrons. The van der Waals surface area contributed by atoms with Crippen LogP contribution < -0.4 is 9.80 Å². The predicted molar refractivity (Wildman–Crippen MR) is 107 cm³/mol. The van der Waals surface area contributed by atoms with E-state index in [-0.39, 0.29) is 5.91 Å². The SMILES string of the molecule is CCN1/C(=C2\C(=O)N=C(C)N2c2ccccc2)C=Cc2ccc(C)cc21. The lowest BCUT2D eigenvalue weighted by Crippen LogP contribution is -2.32. The number of hydrogen-bond donors (Lipinski definition) is 0. The third-order valence-electron chi connectivity index (χ3n) is 4.77. The van der Waals surface area contributed by atoms with Crippen LogP contribution in [-0.2, 0) is 4.79 Å². The van der Waals surface area contributed by atoms with Crippen LogP contribution in [0.25, 0.3) is 6.08 Å². The van der Waals surface area contributed by atoms with Crippen LogP contribution in [0.15, 0.2) is 71.0 Å². The number of para-hydroxylation sites is 1. The van der Waals surface area contributed by atoms with Crippen LogP contribution in [-0.4, -0.2) is 18.3 Å². The number of benzene rings is 2. The van der Waals surface area contributed by atoms with Crippen molar-refractivity contribution in [3.8, 4) is 0 Å². The van der Waals surface area contributed by atoms with Crippen LogP contribution >= 0.6 is 0 Å². The van der Waals surface area contributed by atoms with E-state index >= 15 is 0 Å². The summed E-state index contributed by atoms with van der Waals surface area (Å²) >= 11 is 0. The summed E-state index contributed by atoms with van der Waals surface area (Å²) in [5.74, 6) is 0.503. The number of nitrogens with zero attached hydrogens (tertiary/aromatic N) is 3. The molecule has 2 aromatic carbocycles. The highest BCUT2D eigenvalue weighted by molar-refractivity contribution is 6.21. The quantitative estimate of drug-likeness (QED) is 0.752. The zero-order valence-corrected chi connectivity index (χ0v) is 15.2. The normalized spacial score (nSPS) is 19.0. The molecule has 4 heteroatoms. The van der Waals surface area contributed by atoms with Crippen LogP contribution in [0.2, 0.25) is 0 Å². The summed E-state index contributed by atoms with van der Waals surface area (Å²) in [6, 6.07) is 16.3. The molecule has 0 radical (unpaired) electrons. The smallest absolute Gasteiger partial charge is 0.297 e. The molecule has 26 heavy (non-hydrogen) atoms. The summed E-state index contributed by atoms with van der Waals surface area (Å²) in [6.45, 7) is 6.84. The van der Waals surface area contributed by atoms with Crippen molar-refractivity contribution in [2.45, 2.75) is 20.8 Å². The summed E-state index contributed by atoms with van der Waals surface area (Å²) in [4.78, 5) is 21.1. The standard InChI is InChI=1S/C22H21N3O/c1-4-24-19(13-12-17-11-10-15(2)14-20(17)24)21-22(26)23-16(3)25(21)18-8-6-5-7-9-18/h5-14H,4H2,1-3H3/b21-19+. The maximum Gasteiger partial charge on any atom is 0.297 e. The van der Waals surface area contributed by atoms with E-state index in [1.807, 2.05) is 48.2 Å². The molecule has 0 saturated heterocycles. The predicted octanol–water partition coefficient (Wildman–Crippen LogP) is 4.52. The molecule has 4 rings (SSSR count). The van der Waals surface area contributed by atoms with E-state index in [0.29, 0.717) is 11.5 Å². The van der Waals surface area contributed by atoms with Gasteiger partial charge in [-0.25, -0.2) is 0 Å². The number of likely N-dealkylation sites (N-methyl/N-ethyl adjacent to an activating group) is 1. The van der Waals surface area contributed by atoms with Crippen molar-refractivity contribution in [2.24, 2.45) is 4.99 Å². The zero-order valence-electron chi connectivity index (χ0n) is 15.2. The fourth-order valence-electron chi connectivity index (χ4n) is 3.59. The minimum Gasteiger partial charge on any atom is -0.339 e. The Bertz CT molecular complexity index is 970. The van der Waals surface area contributed by atoms with Gasteiger partial charge in [0.1, 0.15) is 11.5 Å². The second-order valence-electron chi connectivity index (χ2n) is 6.51. The van der Waals surface area contributed by atoms with Crippen molar-refractivity contribution in [1.82, 2.24) is 0 Å². The average Bonchev–Trinajstić information content (AvgIpc) is 2.95. The topological polar surface area (TPSA) is 35.9 Å². The van der Waals surface area contributed by atoms with Crippen LogP contribution in [0.5, 0.6) is 0 Å². The fourth-order valence-corrected chi connectivity index (χ4v) is 3.59. The van der Waals surface area contributed by atoms with Crippen molar-refractivity contribution in [3.05, 3.63) is 77.1 Å². The maximum atomic E-state index is 12.8. The molecule has 4 nitrogen and oxygen atoms in total. The number of amidine groups is 1. The number of aliphatic imine (C=N–C) groups is 1. The molecule has 2 aliphatic rings. The Labute approximate surface area is 153 Å². The van der Waals surface area contributed by atoms with Crippen molar-refractivity contribution in [2.75, 3.05) is 16.3 Å². The molecular formula is C22H21N3O. The van der Waals surface area contributed by atoms with E-state index in [0.717, 1.165) is 29.2 Å². The van der Waals surface area contributed by atoms with Gasteiger partial charge in [0, 0.05) is 17.9 Å². The number of carbonyl (C=O) groups is 1. The van der Waals surface area contributed by atoms with Crippen molar-refractivity contribution < 1.29 is 4.79 Å². The molecule has 2 aliphatic heterocycles. The van der Waals surface area contributed by atoms with Gasteiger partial charge in [-0.15, -0.1) is 0 Å². The molecule has 0 bridgehead atoms. The van der Waals surface area contributed by atoms with Gasteiger partial charge in [0.25, 0.3) is 5.91 Å². The van der Waals surface area contributed by atoms with Crippen molar-refractivity contribution in [1.29, 1.82) is 0 Å². The van der Waals surface area contributed by atoms with E-state index < -0.39 is 0 Å². The molecule has 0 N–H and O–H groups in total. The van der Waals surface area contributed by atoms with Crippen LogP contribution in [0.4, 0.5) is 11.4 Å². The number of allylic oxidation sites excluding steroid dienone is 1. The Morgan fingerprint density at radius 3 is 2.50 bits per heavy atom. The number of rotatable bonds is 2. The highest BCUT2D eigenvalue weighted by atomic mass is 16.2. The van der Waals surface area contributed by atoms with Crippen LogP contribution in [0.3, 0.4) is 0 Å². The summed E-state index contributed by atoms with van der Waals surface area (Å²) in [5, 5.41) is 0. The number of carbonyl (C=O) groups excluding carboxylic acids is 1. The molecule has 2 aromatic rings. The lowest BCUT2D eigenvalue weighted by atomic mass is 10.0. The third-order valence-corrected chi connectivity index (χ3v) is 4.77. The second kappa shape index (κ2) is 6.30. The number of anilines is 2. The molecule has 0 saturated carbocycles. The van der Waals surface area contributed by atoms with Gasteiger partial charge in [-0.05, 0) is 56.2 Å². The Kier molecular flexibility index (Phi) is 3.96. The van der Waals surface area contributed by atoms with E-state index in [9.17, 15) is 4.79 Å². The molecular weight excluding hydrogens is 322 g/mol. The highest BCUT2D eigenvalue weighted by Crippen LogP contribution is 2.36. The van der Waals surface area contributed by atoms with Crippen molar-refractivity contribution >= 4 is 29.2 Å². The maximum absolute atomic E-state index is 12.8. The number of aryl methyl sites for hydroxylation is 1. The highest BCUT2D eigenvalue weighted by Gasteiger charge is 2.33. The third kappa shape index (κ3) is 2.54. The number of hydrogen-bond acceptors (Lipinski definition) is 3. The molecule has 0 spiro atoms. The average molecular weight is 343 g/mol. The zero-order chi connectivity index (χ0) is 18.3. The Morgan fingerprint density at radius 2 is 1.77 bits per heavy atom. The summed E-state index contributed by atoms with van der Waals surface area (Å²) in [6.07, 6.45) is 4.10. The summed E-state index contributed by atoms with van der Waals surface area (Å²) in [5.41, 5.74) is 5.94. The first kappa shape index (κ1) is 16.3. The number of amides is 1. The van der Waals surface area contributed by atoms with Gasteiger partial charge in [-0.3, -0.25) is 9.69 Å². The fraction of sp³-hybridized carbons (Fsp3) is 0.182. The minimum atomic E-state index is -0.194. The first-order valence-corrected chi connectivity index (χ1v) is 8.85. The Balaban J connectivity index is 1.90. The van der Waals surface area contributed by atoms with Crippen LogP contribution in [0, 0.1) is 6.92 Å². The first-order chi connectivity index (χ1) is 12.6. The Morgan fingerprint density at radius 1 is 1.00 bits per heavy atom. The van der Waals surface area contributed by atoms with Crippen molar-refractivity contribution in [3.63, 3.8) is 0 Å². The van der Waals surface area contributed by atoms with Gasteiger partial charge < -0.3 is 4.90 Å². The molecule has 0 unspecified atom stereocenters. The van der Waals surface area contributed by atoms with Gasteiger partial charge in [-0.1, -0.05) is 36.4 Å². The van der Waals surface area contributed by atoms with E-state index in [4.69, 9.17) is 0 Å². The van der Waals surface area contributed by atoms with Gasteiger partial charge in [0.2, 0.25) is 0 Å². The first-order valence-electron chi connectivity index (χ1n) is 8.85. The van der Waals surface area contributed by atoms with Crippen LogP contribution in [0.1, 0.15) is 25.0 Å². The van der Waals surface area contributed by atoms with E-state index in [1.54, 1.807) is 0 Å². The second-order valence-corrected chi connectivity index (χ2v) is 6.51. The van der Waals surface area contributed by atoms with Gasteiger partial charge in [-0.2, -0.15) is 4.99 Å². The van der Waals surface area contributed by atoms with Gasteiger partial charge >= 0.3 is 0 Å². The monoisotopic (exact) mass is 343 g/mol. The van der Waals surface area contributed by atoms with E-state index in [2.05, 4.69) is 48.0 Å². The van der Waals surface area contributed by atoms with Gasteiger partial charge in [0.05, 0.1) is 5.70 Å². The largest absolute Gasteiger partial charge is 0.339 e. The van der Waals surface area contributed by atoms with E-state index in [1.165, 1.54) is 5.56 Å². The molecule has 1 amide bonds. The molecule has 0 atom stereocenters. The molecule has 0 aromatic heterocycles. The molecule has 0 fully saturated rings. The molecule has 2 heterocycles. The minimum absolute atomic E-state index is 0.194. The Hall–Kier alpha value is -3.14. The number of fused-ring (bicyclic) bond motifs is 1. The lowest BCUT2D eigenvalue weighted by Gasteiger charge is -2.32. The molecule has 0 aliphatic carbocycles. The van der Waals surface area contributed by atoms with Gasteiger partial charge in [0.15, 0.2) is 0 Å². The lowest BCUT2D eigenvalue weighted by molar-refractivity contribution is -0.114.